The lowest BCUT2D eigenvalue weighted by Gasteiger charge is -2.11. The standard InChI is InChI=1S/C9H7F3O5S.C8H4ClF3O5S.C8H5F3O5S/c1-18(15,16)5-2-3-7(17-9(10,11)12)6(4-5)8(13)14;9-18(15,16)4-1-2-6(17-8(10,11)12)5(3-4)7(13)14;9-8(10,11)16-6-2-1-4(17(14)15)3-5(6)7(12)13/h2-4H,1H3,(H,13,14);1-3H,(H,13,14);1-3H,(H,12,13)(H,14,15). The van der Waals surface area contributed by atoms with Crippen molar-refractivity contribution in [1.82, 2.24) is 0 Å². The van der Waals surface area contributed by atoms with Gasteiger partial charge in [0.1, 0.15) is 33.9 Å². The Kier molecular flexibility index (Phi) is 15.1. The van der Waals surface area contributed by atoms with Gasteiger partial charge in [-0.15, -0.1) is 39.5 Å². The molecule has 0 aliphatic carbocycles. The molecule has 4 N–H and O–H groups in total. The van der Waals surface area contributed by atoms with Crippen LogP contribution in [-0.2, 0) is 30.0 Å². The van der Waals surface area contributed by atoms with Crippen LogP contribution in [0.3, 0.4) is 0 Å². The van der Waals surface area contributed by atoms with E-state index in [1.165, 1.54) is 0 Å². The number of carboxylic acid groups (broad SMARTS) is 3. The summed E-state index contributed by atoms with van der Waals surface area (Å²) in [5.41, 5.74) is -2.69. The average Bonchev–Trinajstić information content (AvgIpc) is 2.94. The predicted molar refractivity (Wildman–Crippen MR) is 155 cm³/mol. The first-order valence-corrected chi connectivity index (χ1v) is 17.7. The van der Waals surface area contributed by atoms with E-state index in [4.69, 9.17) is 30.6 Å². The maximum absolute atomic E-state index is 12.0. The van der Waals surface area contributed by atoms with Gasteiger partial charge in [-0.2, -0.15) is 0 Å². The molecule has 3 rings (SSSR count). The van der Waals surface area contributed by atoms with Gasteiger partial charge in [0.2, 0.25) is 0 Å². The van der Waals surface area contributed by atoms with Gasteiger partial charge in [-0.25, -0.2) is 35.4 Å². The predicted octanol–water partition coefficient (Wildman–Crippen LogP) is 5.76. The number of hydrogen-bond acceptors (Lipinski definition) is 11. The van der Waals surface area contributed by atoms with E-state index in [9.17, 15) is 74.9 Å². The number of ether oxygens (including phenoxy) is 3. The molecule has 0 aliphatic rings. The minimum Gasteiger partial charge on any atom is -0.478 e. The molecule has 0 aliphatic heterocycles. The molecule has 3 aromatic carbocycles. The zero-order chi connectivity index (χ0) is 41.5. The normalized spacial score (nSPS) is 12.5. The Bertz CT molecular complexity index is 2000. The molecular weight excluding hydrogens is 843 g/mol. The van der Waals surface area contributed by atoms with Crippen LogP contribution in [0, 0.1) is 0 Å². The van der Waals surface area contributed by atoms with Gasteiger partial charge >= 0.3 is 37.0 Å². The molecule has 294 valence electrons. The summed E-state index contributed by atoms with van der Waals surface area (Å²) in [6.07, 6.45) is -14.4. The fraction of sp³-hybridized carbons (Fsp3) is 0.160. The van der Waals surface area contributed by atoms with Crippen LogP contribution in [0.5, 0.6) is 17.2 Å². The van der Waals surface area contributed by atoms with Crippen molar-refractivity contribution in [3.8, 4) is 17.2 Å². The molecule has 0 radical (unpaired) electrons. The lowest BCUT2D eigenvalue weighted by Crippen LogP contribution is -2.19. The molecule has 1 atom stereocenters. The maximum atomic E-state index is 12.0. The van der Waals surface area contributed by atoms with Gasteiger partial charge in [0, 0.05) is 16.9 Å². The Morgan fingerprint density at radius 2 is 0.906 bits per heavy atom. The van der Waals surface area contributed by atoms with Gasteiger partial charge in [-0.05, 0) is 54.6 Å². The second kappa shape index (κ2) is 17.3. The van der Waals surface area contributed by atoms with Gasteiger partial charge in [0.05, 0.1) is 14.7 Å². The summed E-state index contributed by atoms with van der Waals surface area (Å²) < 4.78 is 181. The van der Waals surface area contributed by atoms with Gasteiger partial charge in [-0.3, -0.25) is 0 Å². The summed E-state index contributed by atoms with van der Waals surface area (Å²) in [7, 11) is -3.03. The zero-order valence-electron chi connectivity index (χ0n) is 25.0. The van der Waals surface area contributed by atoms with Crippen molar-refractivity contribution in [3.05, 3.63) is 71.3 Å². The largest absolute Gasteiger partial charge is 0.573 e. The van der Waals surface area contributed by atoms with Crippen molar-refractivity contribution in [2.24, 2.45) is 0 Å². The third-order valence-corrected chi connectivity index (χ3v) is 8.25. The van der Waals surface area contributed by atoms with E-state index < -0.39 is 111 Å². The lowest BCUT2D eigenvalue weighted by atomic mass is 10.2. The molecule has 53 heavy (non-hydrogen) atoms. The van der Waals surface area contributed by atoms with Crippen molar-refractivity contribution >= 4 is 58.6 Å². The highest BCUT2D eigenvalue weighted by Gasteiger charge is 2.35. The molecule has 0 heterocycles. The molecular formula is C25H16ClF9O15S3. The van der Waals surface area contributed by atoms with Crippen molar-refractivity contribution in [3.63, 3.8) is 0 Å². The SMILES string of the molecule is CS(=O)(=O)c1ccc(OC(F)(F)F)c(C(=O)O)c1.O=C(O)c1cc(S(=O)(=O)Cl)ccc1OC(F)(F)F.O=C(O)c1cc(S(=O)O)ccc1OC(F)(F)F. The fourth-order valence-electron chi connectivity index (χ4n) is 3.16. The second-order valence-electron chi connectivity index (χ2n) is 8.99. The molecule has 0 amide bonds. The summed E-state index contributed by atoms with van der Waals surface area (Å²) in [5.74, 6) is -8.15. The van der Waals surface area contributed by atoms with Crippen LogP contribution < -0.4 is 14.2 Å². The highest BCUT2D eigenvalue weighted by Crippen LogP contribution is 2.31. The third kappa shape index (κ3) is 16.1. The van der Waals surface area contributed by atoms with Crippen molar-refractivity contribution in [2.75, 3.05) is 6.26 Å². The van der Waals surface area contributed by atoms with Crippen LogP contribution in [0.4, 0.5) is 39.5 Å². The Morgan fingerprint density at radius 3 is 1.19 bits per heavy atom. The molecule has 0 spiro atoms. The van der Waals surface area contributed by atoms with Crippen molar-refractivity contribution in [2.45, 2.75) is 33.8 Å². The Hall–Kier alpha value is -4.86. The van der Waals surface area contributed by atoms with Crippen LogP contribution >= 0.6 is 10.7 Å². The first-order chi connectivity index (χ1) is 23.7. The number of carboxylic acids is 3. The van der Waals surface area contributed by atoms with Gasteiger partial charge in [-0.1, -0.05) is 0 Å². The monoisotopic (exact) mass is 858 g/mol. The molecule has 28 heteroatoms. The van der Waals surface area contributed by atoms with E-state index in [2.05, 4.69) is 14.2 Å². The van der Waals surface area contributed by atoms with E-state index in [0.717, 1.165) is 18.4 Å². The number of hydrogen-bond donors (Lipinski definition) is 4. The van der Waals surface area contributed by atoms with E-state index in [-0.39, 0.29) is 4.90 Å². The minimum absolute atomic E-state index is 0.336. The molecule has 0 saturated heterocycles. The van der Waals surface area contributed by atoms with Gasteiger partial charge in [0.25, 0.3) is 9.05 Å². The van der Waals surface area contributed by atoms with E-state index in [1.54, 1.807) is 0 Å². The Balaban J connectivity index is 0.000000398. The maximum Gasteiger partial charge on any atom is 0.573 e. The highest BCUT2D eigenvalue weighted by atomic mass is 35.7. The number of alkyl halides is 9. The van der Waals surface area contributed by atoms with Crippen LogP contribution in [0.2, 0.25) is 0 Å². The number of rotatable bonds is 9. The van der Waals surface area contributed by atoms with Crippen LogP contribution in [0.15, 0.2) is 69.3 Å². The smallest absolute Gasteiger partial charge is 0.478 e. The summed E-state index contributed by atoms with van der Waals surface area (Å²) in [6, 6.07) is 6.01. The average molecular weight is 859 g/mol. The molecule has 0 fully saturated rings. The molecule has 15 nitrogen and oxygen atoms in total. The van der Waals surface area contributed by atoms with Gasteiger partial charge in [0.15, 0.2) is 20.9 Å². The number of halogens is 10. The van der Waals surface area contributed by atoms with Crippen LogP contribution in [0.1, 0.15) is 31.1 Å². The topological polar surface area (TPSA) is 245 Å². The number of aromatic carboxylic acids is 3. The number of benzene rings is 3. The first-order valence-electron chi connectivity index (χ1n) is 12.4. The Labute approximate surface area is 295 Å². The summed E-state index contributed by atoms with van der Waals surface area (Å²) in [4.78, 5) is 30.7. The zero-order valence-corrected chi connectivity index (χ0v) is 28.2. The first kappa shape index (κ1) is 46.2. The summed E-state index contributed by atoms with van der Waals surface area (Å²) >= 11 is -2.49. The van der Waals surface area contributed by atoms with Crippen molar-refractivity contribution < 1.29 is 109 Å². The molecule has 0 saturated carbocycles. The number of sulfone groups is 1. The second-order valence-corrected chi connectivity index (χ2v) is 14.5. The fourth-order valence-corrected chi connectivity index (χ4v) is 4.99. The van der Waals surface area contributed by atoms with E-state index in [1.807, 2.05) is 0 Å². The van der Waals surface area contributed by atoms with Crippen LogP contribution in [0.25, 0.3) is 0 Å². The number of carbonyl (C=O) groups is 3. The minimum atomic E-state index is -5.09. The molecule has 1 unspecified atom stereocenters. The quantitative estimate of drug-likeness (QED) is 0.114. The molecule has 0 bridgehead atoms. The lowest BCUT2D eigenvalue weighted by molar-refractivity contribution is -0.275. The highest BCUT2D eigenvalue weighted by molar-refractivity contribution is 8.13. The van der Waals surface area contributed by atoms with E-state index >= 15 is 0 Å². The summed E-state index contributed by atoms with van der Waals surface area (Å²) in [6.45, 7) is 0. The summed E-state index contributed by atoms with van der Waals surface area (Å²) in [5, 5.41) is 26.0. The van der Waals surface area contributed by atoms with Gasteiger partial charge < -0.3 is 34.1 Å². The van der Waals surface area contributed by atoms with Crippen LogP contribution in [-0.4, -0.2) is 84.2 Å². The Morgan fingerprint density at radius 1 is 0.604 bits per heavy atom. The van der Waals surface area contributed by atoms with Crippen molar-refractivity contribution in [1.29, 1.82) is 0 Å². The van der Waals surface area contributed by atoms with E-state index in [0.29, 0.717) is 42.5 Å². The third-order valence-electron chi connectivity index (χ3n) is 5.13. The molecule has 3 aromatic rings. The molecule has 0 aromatic heterocycles.